The molecule has 0 atom stereocenters. The summed E-state index contributed by atoms with van der Waals surface area (Å²) < 4.78 is 6.02. The maximum absolute atomic E-state index is 8.94. The van der Waals surface area contributed by atoms with Crippen molar-refractivity contribution in [2.45, 2.75) is 32.3 Å². The Balaban J connectivity index is 1.39. The van der Waals surface area contributed by atoms with E-state index in [1.54, 1.807) is 11.1 Å². The zero-order valence-electron chi connectivity index (χ0n) is 19.0. The number of fused-ring (bicyclic) bond motifs is 3. The highest BCUT2D eigenvalue weighted by molar-refractivity contribution is 5.88. The number of nitriles is 1. The average Bonchev–Trinajstić information content (AvgIpc) is 2.83. The van der Waals surface area contributed by atoms with E-state index in [1.165, 1.54) is 42.0 Å². The zero-order valence-corrected chi connectivity index (χ0v) is 19.0. The first-order chi connectivity index (χ1) is 15.6. The molecule has 0 amide bonds. The molecule has 3 aliphatic carbocycles. The lowest BCUT2D eigenvalue weighted by Gasteiger charge is -2.41. The standard InChI is InChI=1S/C29H30N2O/c1-31(2)18-28-22-7-9-23(10-8-22)29(28)26-12-11-25-16-27(14-13-24(25)15-26)32-19-21-5-3-20(17-30)4-6-21/h3-6,11-16,22-23H,7-10,18-19H2,1-2H3. The molecular formula is C29H30N2O. The van der Waals surface area contributed by atoms with Gasteiger partial charge < -0.3 is 9.64 Å². The third-order valence-electron chi connectivity index (χ3n) is 7.07. The first kappa shape index (κ1) is 20.8. The Morgan fingerprint density at radius 1 is 0.875 bits per heavy atom. The molecule has 0 aliphatic heterocycles. The molecule has 0 radical (unpaired) electrons. The van der Waals surface area contributed by atoms with E-state index in [2.05, 4.69) is 61.5 Å². The van der Waals surface area contributed by atoms with Gasteiger partial charge in [-0.2, -0.15) is 5.26 Å². The molecule has 32 heavy (non-hydrogen) atoms. The number of ether oxygens (including phenoxy) is 1. The van der Waals surface area contributed by atoms with Crippen molar-refractivity contribution in [2.75, 3.05) is 20.6 Å². The Morgan fingerprint density at radius 3 is 2.28 bits per heavy atom. The van der Waals surface area contributed by atoms with Gasteiger partial charge in [0.05, 0.1) is 11.6 Å². The monoisotopic (exact) mass is 422 g/mol. The Bertz CT molecular complexity index is 1190. The maximum atomic E-state index is 8.94. The molecule has 0 N–H and O–H groups in total. The molecule has 3 heteroatoms. The van der Waals surface area contributed by atoms with Crippen LogP contribution in [0.25, 0.3) is 16.3 Å². The highest BCUT2D eigenvalue weighted by Gasteiger charge is 2.35. The van der Waals surface area contributed by atoms with Gasteiger partial charge in [-0.15, -0.1) is 0 Å². The summed E-state index contributed by atoms with van der Waals surface area (Å²) in [6.07, 6.45) is 5.42. The molecule has 0 heterocycles. The summed E-state index contributed by atoms with van der Waals surface area (Å²) in [6.45, 7) is 1.58. The summed E-state index contributed by atoms with van der Waals surface area (Å²) in [4.78, 5) is 2.33. The number of nitrogens with zero attached hydrogens (tertiary/aromatic N) is 2. The van der Waals surface area contributed by atoms with Crippen LogP contribution in [0.4, 0.5) is 0 Å². The summed E-state index contributed by atoms with van der Waals surface area (Å²) in [7, 11) is 4.37. The molecule has 1 saturated carbocycles. The van der Waals surface area contributed by atoms with Crippen molar-refractivity contribution in [3.05, 3.63) is 82.9 Å². The van der Waals surface area contributed by atoms with Crippen LogP contribution < -0.4 is 4.74 Å². The number of rotatable bonds is 6. The molecule has 162 valence electrons. The van der Waals surface area contributed by atoms with Crippen LogP contribution in [0.15, 0.2) is 66.2 Å². The van der Waals surface area contributed by atoms with E-state index >= 15 is 0 Å². The normalized spacial score (nSPS) is 20.1. The second-order valence-corrected chi connectivity index (χ2v) is 9.55. The maximum Gasteiger partial charge on any atom is 0.120 e. The molecule has 0 unspecified atom stereocenters. The minimum absolute atomic E-state index is 0.499. The van der Waals surface area contributed by atoms with Gasteiger partial charge in [0.1, 0.15) is 12.4 Å². The Morgan fingerprint density at radius 2 is 1.56 bits per heavy atom. The minimum Gasteiger partial charge on any atom is -0.489 e. The van der Waals surface area contributed by atoms with E-state index in [4.69, 9.17) is 10.00 Å². The van der Waals surface area contributed by atoms with E-state index in [0.717, 1.165) is 29.7 Å². The van der Waals surface area contributed by atoms with E-state index < -0.39 is 0 Å². The molecular weight excluding hydrogens is 392 g/mol. The van der Waals surface area contributed by atoms with Gasteiger partial charge in [-0.1, -0.05) is 30.3 Å². The fraction of sp³-hybridized carbons (Fsp3) is 0.345. The van der Waals surface area contributed by atoms with E-state index in [0.29, 0.717) is 12.2 Å². The second-order valence-electron chi connectivity index (χ2n) is 9.55. The summed E-state index contributed by atoms with van der Waals surface area (Å²) in [6, 6.07) is 23.0. The lowest BCUT2D eigenvalue weighted by Crippen LogP contribution is -2.31. The lowest BCUT2D eigenvalue weighted by atomic mass is 9.65. The largest absolute Gasteiger partial charge is 0.489 e. The van der Waals surface area contributed by atoms with Crippen molar-refractivity contribution in [2.24, 2.45) is 11.8 Å². The average molecular weight is 423 g/mol. The summed E-state index contributed by atoms with van der Waals surface area (Å²) in [5, 5.41) is 11.4. The SMILES string of the molecule is CN(C)CC1=C(c2ccc3cc(OCc4ccc(C#N)cc4)ccc3c2)C2CCC1CC2. The first-order valence-electron chi connectivity index (χ1n) is 11.6. The van der Waals surface area contributed by atoms with Crippen LogP contribution in [0.5, 0.6) is 5.75 Å². The van der Waals surface area contributed by atoms with E-state index in [-0.39, 0.29) is 0 Å². The van der Waals surface area contributed by atoms with Gasteiger partial charge in [-0.05, 0) is 115 Å². The van der Waals surface area contributed by atoms with Gasteiger partial charge in [0.25, 0.3) is 0 Å². The van der Waals surface area contributed by atoms with Gasteiger partial charge in [0.2, 0.25) is 0 Å². The van der Waals surface area contributed by atoms with Gasteiger partial charge in [0.15, 0.2) is 0 Å². The van der Waals surface area contributed by atoms with Crippen molar-refractivity contribution in [3.63, 3.8) is 0 Å². The molecule has 0 spiro atoms. The fourth-order valence-electron chi connectivity index (χ4n) is 5.51. The molecule has 3 aromatic rings. The van der Waals surface area contributed by atoms with Crippen LogP contribution in [-0.4, -0.2) is 25.5 Å². The zero-order chi connectivity index (χ0) is 22.1. The van der Waals surface area contributed by atoms with Crippen molar-refractivity contribution in [1.29, 1.82) is 5.26 Å². The smallest absolute Gasteiger partial charge is 0.120 e. The molecule has 0 saturated heterocycles. The van der Waals surface area contributed by atoms with Crippen LogP contribution >= 0.6 is 0 Å². The fourth-order valence-corrected chi connectivity index (χ4v) is 5.51. The molecule has 3 aliphatic rings. The molecule has 3 nitrogen and oxygen atoms in total. The molecule has 6 rings (SSSR count). The predicted octanol–water partition coefficient (Wildman–Crippen LogP) is 6.43. The van der Waals surface area contributed by atoms with Crippen molar-refractivity contribution < 1.29 is 4.74 Å². The van der Waals surface area contributed by atoms with Crippen molar-refractivity contribution in [3.8, 4) is 11.8 Å². The first-order valence-corrected chi connectivity index (χ1v) is 11.6. The Kier molecular flexibility index (Phi) is 5.72. The van der Waals surface area contributed by atoms with Crippen LogP contribution in [0.3, 0.4) is 0 Å². The number of hydrogen-bond donors (Lipinski definition) is 0. The van der Waals surface area contributed by atoms with Crippen LogP contribution in [0, 0.1) is 23.2 Å². The number of benzene rings is 3. The molecule has 2 bridgehead atoms. The highest BCUT2D eigenvalue weighted by atomic mass is 16.5. The van der Waals surface area contributed by atoms with Gasteiger partial charge >= 0.3 is 0 Å². The van der Waals surface area contributed by atoms with Crippen LogP contribution in [0.2, 0.25) is 0 Å². The summed E-state index contributed by atoms with van der Waals surface area (Å²) in [5.74, 6) is 2.37. The second kappa shape index (κ2) is 8.81. The Labute approximate surface area is 190 Å². The van der Waals surface area contributed by atoms with Crippen molar-refractivity contribution >= 4 is 16.3 Å². The molecule has 3 aromatic carbocycles. The van der Waals surface area contributed by atoms with E-state index in [9.17, 15) is 0 Å². The van der Waals surface area contributed by atoms with Gasteiger partial charge in [-0.3, -0.25) is 0 Å². The van der Waals surface area contributed by atoms with Crippen LogP contribution in [-0.2, 0) is 6.61 Å². The van der Waals surface area contributed by atoms with Crippen molar-refractivity contribution in [1.82, 2.24) is 4.90 Å². The number of allylic oxidation sites excluding steroid dienone is 1. The van der Waals surface area contributed by atoms with Gasteiger partial charge in [0, 0.05) is 6.54 Å². The third kappa shape index (κ3) is 4.16. The summed E-state index contributed by atoms with van der Waals surface area (Å²) in [5.41, 5.74) is 6.45. The van der Waals surface area contributed by atoms with Crippen LogP contribution in [0.1, 0.15) is 42.4 Å². The number of likely N-dealkylation sites (N-methyl/N-ethyl adjacent to an activating group) is 1. The van der Waals surface area contributed by atoms with Gasteiger partial charge in [-0.25, -0.2) is 0 Å². The quantitative estimate of drug-likeness (QED) is 0.459. The Hall–Kier alpha value is -3.09. The molecule has 0 aromatic heterocycles. The number of hydrogen-bond acceptors (Lipinski definition) is 3. The minimum atomic E-state index is 0.499. The topological polar surface area (TPSA) is 36.3 Å². The third-order valence-corrected chi connectivity index (χ3v) is 7.07. The predicted molar refractivity (Wildman–Crippen MR) is 130 cm³/mol. The highest BCUT2D eigenvalue weighted by Crippen LogP contribution is 2.49. The summed E-state index contributed by atoms with van der Waals surface area (Å²) >= 11 is 0. The van der Waals surface area contributed by atoms with E-state index in [1.807, 2.05) is 24.3 Å². The molecule has 1 fully saturated rings. The lowest BCUT2D eigenvalue weighted by molar-refractivity contribution is 0.299.